The fourth-order valence-electron chi connectivity index (χ4n) is 1.63. The Morgan fingerprint density at radius 2 is 2.05 bits per heavy atom. The number of anilines is 1. The van der Waals surface area contributed by atoms with E-state index in [4.69, 9.17) is 0 Å². The number of nitrogens with one attached hydrogen (secondary N) is 2. The molecule has 110 valence electrons. The lowest BCUT2D eigenvalue weighted by atomic mass is 10.2. The molecule has 0 bridgehead atoms. The summed E-state index contributed by atoms with van der Waals surface area (Å²) in [6.45, 7) is 4.57. The van der Waals surface area contributed by atoms with Crippen LogP contribution in [-0.2, 0) is 6.54 Å². The van der Waals surface area contributed by atoms with Crippen LogP contribution in [0.3, 0.4) is 0 Å². The van der Waals surface area contributed by atoms with E-state index in [1.807, 2.05) is 26.0 Å². The van der Waals surface area contributed by atoms with Crippen molar-refractivity contribution in [3.05, 3.63) is 48.0 Å². The molecule has 21 heavy (non-hydrogen) atoms. The summed E-state index contributed by atoms with van der Waals surface area (Å²) in [6, 6.07) is 3.98. The van der Waals surface area contributed by atoms with Gasteiger partial charge in [0.15, 0.2) is 0 Å². The second-order valence-electron chi connectivity index (χ2n) is 4.79. The molecule has 0 fully saturated rings. The Balaban J connectivity index is 1.91. The summed E-state index contributed by atoms with van der Waals surface area (Å²) < 4.78 is 0. The number of hydrogen-bond donors (Lipinski definition) is 2. The van der Waals surface area contributed by atoms with Crippen molar-refractivity contribution in [3.8, 4) is 0 Å². The second-order valence-corrected chi connectivity index (χ2v) is 4.79. The fourth-order valence-corrected chi connectivity index (χ4v) is 1.63. The Morgan fingerprint density at radius 1 is 1.29 bits per heavy atom. The summed E-state index contributed by atoms with van der Waals surface area (Å²) >= 11 is 0. The minimum atomic E-state index is -0.150. The minimum absolute atomic E-state index is 0.140. The van der Waals surface area contributed by atoms with E-state index < -0.39 is 0 Å². The molecule has 0 saturated heterocycles. The van der Waals surface area contributed by atoms with Crippen LogP contribution in [0.15, 0.2) is 36.9 Å². The van der Waals surface area contributed by atoms with Crippen LogP contribution < -0.4 is 10.6 Å². The highest BCUT2D eigenvalue weighted by molar-refractivity contribution is 5.93. The standard InChI is InChI=1S/C15H19N5O/c1-3-11(2)20-14(21)13-9-18-15(19-10-13)17-8-12-5-4-6-16-7-12/h4-7,9-11H,3,8H2,1-2H3,(H,20,21)(H,17,18,19). The first-order valence-electron chi connectivity index (χ1n) is 6.94. The Morgan fingerprint density at radius 3 is 2.67 bits per heavy atom. The Hall–Kier alpha value is -2.50. The van der Waals surface area contributed by atoms with E-state index in [1.165, 1.54) is 12.4 Å². The molecule has 1 amide bonds. The lowest BCUT2D eigenvalue weighted by Crippen LogP contribution is -2.32. The normalized spacial score (nSPS) is 11.7. The zero-order valence-electron chi connectivity index (χ0n) is 12.2. The van der Waals surface area contributed by atoms with Gasteiger partial charge in [0.25, 0.3) is 5.91 Å². The molecule has 2 heterocycles. The van der Waals surface area contributed by atoms with Gasteiger partial charge in [0, 0.05) is 37.4 Å². The molecule has 6 heteroatoms. The molecule has 2 rings (SSSR count). The van der Waals surface area contributed by atoms with E-state index >= 15 is 0 Å². The zero-order chi connectivity index (χ0) is 15.1. The molecular formula is C15H19N5O. The highest BCUT2D eigenvalue weighted by Crippen LogP contribution is 2.04. The van der Waals surface area contributed by atoms with Crippen molar-refractivity contribution < 1.29 is 4.79 Å². The van der Waals surface area contributed by atoms with Gasteiger partial charge < -0.3 is 10.6 Å². The average molecular weight is 285 g/mol. The summed E-state index contributed by atoms with van der Waals surface area (Å²) in [7, 11) is 0. The van der Waals surface area contributed by atoms with Crippen molar-refractivity contribution in [2.24, 2.45) is 0 Å². The fraction of sp³-hybridized carbons (Fsp3) is 0.333. The smallest absolute Gasteiger partial charge is 0.254 e. The van der Waals surface area contributed by atoms with Gasteiger partial charge in [-0.2, -0.15) is 0 Å². The van der Waals surface area contributed by atoms with Crippen LogP contribution in [0.4, 0.5) is 5.95 Å². The third-order valence-corrected chi connectivity index (χ3v) is 3.08. The summed E-state index contributed by atoms with van der Waals surface area (Å²) in [5.41, 5.74) is 1.50. The zero-order valence-corrected chi connectivity index (χ0v) is 12.2. The molecule has 0 radical (unpaired) electrons. The molecule has 6 nitrogen and oxygen atoms in total. The van der Waals surface area contributed by atoms with Crippen molar-refractivity contribution in [1.82, 2.24) is 20.3 Å². The van der Waals surface area contributed by atoms with E-state index in [2.05, 4.69) is 25.6 Å². The Bertz CT molecular complexity index is 570. The topological polar surface area (TPSA) is 79.8 Å². The van der Waals surface area contributed by atoms with E-state index in [1.54, 1.807) is 12.4 Å². The van der Waals surface area contributed by atoms with Crippen LogP contribution in [0.5, 0.6) is 0 Å². The minimum Gasteiger partial charge on any atom is -0.350 e. The van der Waals surface area contributed by atoms with Gasteiger partial charge in [0.05, 0.1) is 5.56 Å². The van der Waals surface area contributed by atoms with Crippen molar-refractivity contribution >= 4 is 11.9 Å². The van der Waals surface area contributed by atoms with Crippen LogP contribution in [-0.4, -0.2) is 26.9 Å². The number of hydrogen-bond acceptors (Lipinski definition) is 5. The maximum atomic E-state index is 11.9. The van der Waals surface area contributed by atoms with Crippen molar-refractivity contribution in [3.63, 3.8) is 0 Å². The van der Waals surface area contributed by atoms with Crippen LogP contribution in [0, 0.1) is 0 Å². The number of carbonyl (C=O) groups is 1. The van der Waals surface area contributed by atoms with Crippen molar-refractivity contribution in [1.29, 1.82) is 0 Å². The van der Waals surface area contributed by atoms with Crippen molar-refractivity contribution in [2.75, 3.05) is 5.32 Å². The molecule has 2 aromatic heterocycles. The monoisotopic (exact) mass is 285 g/mol. The first kappa shape index (κ1) is 14.9. The van der Waals surface area contributed by atoms with Crippen LogP contribution in [0.1, 0.15) is 36.2 Å². The van der Waals surface area contributed by atoms with Crippen LogP contribution in [0.2, 0.25) is 0 Å². The highest BCUT2D eigenvalue weighted by atomic mass is 16.1. The predicted octanol–water partition coefficient (Wildman–Crippen LogP) is 2.01. The average Bonchev–Trinajstić information content (AvgIpc) is 2.54. The molecule has 0 aliphatic carbocycles. The lowest BCUT2D eigenvalue weighted by Gasteiger charge is -2.11. The summed E-state index contributed by atoms with van der Waals surface area (Å²) in [5.74, 6) is 0.335. The molecule has 2 N–H and O–H groups in total. The number of amides is 1. The third-order valence-electron chi connectivity index (χ3n) is 3.08. The first-order chi connectivity index (χ1) is 10.2. The summed E-state index contributed by atoms with van der Waals surface area (Å²) in [6.07, 6.45) is 7.44. The third kappa shape index (κ3) is 4.52. The van der Waals surface area contributed by atoms with E-state index in [0.29, 0.717) is 18.1 Å². The van der Waals surface area contributed by atoms with Gasteiger partial charge in [0.1, 0.15) is 0 Å². The molecule has 0 aromatic carbocycles. The van der Waals surface area contributed by atoms with Gasteiger partial charge in [-0.15, -0.1) is 0 Å². The van der Waals surface area contributed by atoms with Gasteiger partial charge in [-0.1, -0.05) is 13.0 Å². The van der Waals surface area contributed by atoms with Gasteiger partial charge in [-0.25, -0.2) is 9.97 Å². The number of carbonyl (C=O) groups excluding carboxylic acids is 1. The van der Waals surface area contributed by atoms with E-state index in [0.717, 1.165) is 12.0 Å². The molecule has 0 aliphatic heterocycles. The summed E-state index contributed by atoms with van der Waals surface area (Å²) in [5, 5.41) is 5.96. The second kappa shape index (κ2) is 7.33. The molecule has 2 aromatic rings. The van der Waals surface area contributed by atoms with Crippen LogP contribution in [0.25, 0.3) is 0 Å². The van der Waals surface area contributed by atoms with Gasteiger partial charge in [-0.3, -0.25) is 9.78 Å². The molecular weight excluding hydrogens is 266 g/mol. The predicted molar refractivity (Wildman–Crippen MR) is 80.8 cm³/mol. The summed E-state index contributed by atoms with van der Waals surface area (Å²) in [4.78, 5) is 24.2. The van der Waals surface area contributed by atoms with Crippen molar-refractivity contribution in [2.45, 2.75) is 32.9 Å². The van der Waals surface area contributed by atoms with Gasteiger partial charge >= 0.3 is 0 Å². The quantitative estimate of drug-likeness (QED) is 0.848. The molecule has 0 spiro atoms. The number of aromatic nitrogens is 3. The molecule has 0 saturated carbocycles. The first-order valence-corrected chi connectivity index (χ1v) is 6.94. The number of nitrogens with zero attached hydrogens (tertiary/aromatic N) is 3. The van der Waals surface area contributed by atoms with Crippen LogP contribution >= 0.6 is 0 Å². The maximum Gasteiger partial charge on any atom is 0.254 e. The Labute approximate surface area is 124 Å². The number of pyridine rings is 1. The van der Waals surface area contributed by atoms with Gasteiger partial charge in [-0.05, 0) is 25.0 Å². The van der Waals surface area contributed by atoms with E-state index in [-0.39, 0.29) is 11.9 Å². The maximum absolute atomic E-state index is 11.9. The molecule has 1 atom stereocenters. The molecule has 0 aliphatic rings. The van der Waals surface area contributed by atoms with Gasteiger partial charge in [0.2, 0.25) is 5.95 Å². The van der Waals surface area contributed by atoms with E-state index in [9.17, 15) is 4.79 Å². The Kier molecular flexibility index (Phi) is 5.20. The SMILES string of the molecule is CCC(C)NC(=O)c1cnc(NCc2cccnc2)nc1. The highest BCUT2D eigenvalue weighted by Gasteiger charge is 2.09. The molecule has 1 unspecified atom stereocenters. The lowest BCUT2D eigenvalue weighted by molar-refractivity contribution is 0.0938. The largest absolute Gasteiger partial charge is 0.350 e. The number of rotatable bonds is 6.